The van der Waals surface area contributed by atoms with E-state index < -0.39 is 5.97 Å². The van der Waals surface area contributed by atoms with Crippen molar-refractivity contribution in [2.24, 2.45) is 0 Å². The van der Waals surface area contributed by atoms with Gasteiger partial charge in [-0.3, -0.25) is 0 Å². The molecule has 0 aliphatic heterocycles. The fraction of sp³-hybridized carbons (Fsp3) is 0.300. The van der Waals surface area contributed by atoms with E-state index in [1.165, 1.54) is 29.4 Å². The average Bonchev–Trinajstić information content (AvgIpc) is 2.89. The second-order valence-corrected chi connectivity index (χ2v) is 5.26. The molecule has 0 saturated carbocycles. The summed E-state index contributed by atoms with van der Waals surface area (Å²) in [6, 6.07) is 3.05. The molecule has 2 aromatic heterocycles. The van der Waals surface area contributed by atoms with Crippen molar-refractivity contribution < 1.29 is 14.3 Å². The first-order chi connectivity index (χ1) is 8.19. The van der Waals surface area contributed by atoms with E-state index in [4.69, 9.17) is 9.52 Å². The number of carboxylic acids is 1. The second-order valence-electron chi connectivity index (χ2n) is 3.25. The fourth-order valence-corrected chi connectivity index (χ4v) is 2.74. The molecule has 0 atom stereocenters. The number of aryl methyl sites for hydroxylation is 1. The molecular formula is C10H10N2O3S2. The SMILES string of the molecule is CCCc1nsc(Sc2ccc(C(=O)O)o2)n1. The number of aromatic carboxylic acids is 1. The van der Waals surface area contributed by atoms with E-state index in [0.29, 0.717) is 5.09 Å². The van der Waals surface area contributed by atoms with Crippen molar-refractivity contribution in [3.05, 3.63) is 23.7 Å². The lowest BCUT2D eigenvalue weighted by atomic mass is 10.3. The molecule has 0 fully saturated rings. The number of carbonyl (C=O) groups is 1. The lowest BCUT2D eigenvalue weighted by molar-refractivity contribution is 0.0656. The monoisotopic (exact) mass is 270 g/mol. The number of carboxylic acid groups (broad SMARTS) is 1. The number of aromatic nitrogens is 2. The molecule has 0 aliphatic carbocycles. The highest BCUT2D eigenvalue weighted by molar-refractivity contribution is 8.00. The molecule has 0 radical (unpaired) electrons. The Bertz CT molecular complexity index is 521. The lowest BCUT2D eigenvalue weighted by Crippen LogP contribution is -1.91. The molecule has 5 nitrogen and oxygen atoms in total. The van der Waals surface area contributed by atoms with Crippen LogP contribution in [0.3, 0.4) is 0 Å². The lowest BCUT2D eigenvalue weighted by Gasteiger charge is -1.90. The van der Waals surface area contributed by atoms with Gasteiger partial charge in [0.15, 0.2) is 9.43 Å². The van der Waals surface area contributed by atoms with Gasteiger partial charge in [-0.15, -0.1) is 0 Å². The van der Waals surface area contributed by atoms with Crippen LogP contribution in [0.25, 0.3) is 0 Å². The van der Waals surface area contributed by atoms with Gasteiger partial charge in [0, 0.05) is 6.42 Å². The van der Waals surface area contributed by atoms with Gasteiger partial charge in [-0.25, -0.2) is 9.78 Å². The zero-order chi connectivity index (χ0) is 12.3. The van der Waals surface area contributed by atoms with E-state index >= 15 is 0 Å². The zero-order valence-electron chi connectivity index (χ0n) is 9.04. The van der Waals surface area contributed by atoms with Crippen LogP contribution in [0.15, 0.2) is 26.0 Å². The Labute approximate surface area is 106 Å². The van der Waals surface area contributed by atoms with Crippen molar-refractivity contribution in [3.63, 3.8) is 0 Å². The van der Waals surface area contributed by atoms with Crippen LogP contribution in [0.5, 0.6) is 0 Å². The molecule has 0 aromatic carbocycles. The molecule has 0 saturated heterocycles. The first-order valence-electron chi connectivity index (χ1n) is 5.02. The standard InChI is InChI=1S/C10H10N2O3S2/c1-2-3-7-11-10(17-12-7)16-8-5-4-6(15-8)9(13)14/h4-5H,2-3H2,1H3,(H,13,14). The molecule has 0 bridgehead atoms. The largest absolute Gasteiger partial charge is 0.475 e. The van der Waals surface area contributed by atoms with Crippen LogP contribution in [0.4, 0.5) is 0 Å². The van der Waals surface area contributed by atoms with Crippen molar-refractivity contribution in [2.45, 2.75) is 29.2 Å². The van der Waals surface area contributed by atoms with Gasteiger partial charge in [0.25, 0.3) is 0 Å². The molecule has 2 heterocycles. The van der Waals surface area contributed by atoms with Gasteiger partial charge in [0.2, 0.25) is 5.76 Å². The first-order valence-corrected chi connectivity index (χ1v) is 6.61. The molecule has 1 N–H and O–H groups in total. The molecule has 0 spiro atoms. The smallest absolute Gasteiger partial charge is 0.371 e. The van der Waals surface area contributed by atoms with Crippen molar-refractivity contribution in [1.82, 2.24) is 9.36 Å². The number of rotatable bonds is 5. The van der Waals surface area contributed by atoms with Crippen LogP contribution in [0, 0.1) is 0 Å². The van der Waals surface area contributed by atoms with Gasteiger partial charge in [-0.2, -0.15) is 4.37 Å². The van der Waals surface area contributed by atoms with E-state index in [2.05, 4.69) is 16.3 Å². The quantitative estimate of drug-likeness (QED) is 0.900. The van der Waals surface area contributed by atoms with Gasteiger partial charge in [0.1, 0.15) is 5.82 Å². The fourth-order valence-electron chi connectivity index (χ4n) is 1.18. The van der Waals surface area contributed by atoms with E-state index in [9.17, 15) is 4.79 Å². The highest BCUT2D eigenvalue weighted by atomic mass is 32.2. The molecule has 2 rings (SSSR count). The third-order valence-corrected chi connectivity index (χ3v) is 3.61. The number of nitrogens with zero attached hydrogens (tertiary/aromatic N) is 2. The van der Waals surface area contributed by atoms with Crippen LogP contribution in [0.1, 0.15) is 29.7 Å². The van der Waals surface area contributed by atoms with Crippen LogP contribution in [0.2, 0.25) is 0 Å². The summed E-state index contributed by atoms with van der Waals surface area (Å²) in [5.74, 6) is -0.309. The third kappa shape index (κ3) is 3.07. The van der Waals surface area contributed by atoms with Crippen LogP contribution in [-0.2, 0) is 6.42 Å². The summed E-state index contributed by atoms with van der Waals surface area (Å²) in [6.07, 6.45) is 1.86. The number of furan rings is 1. The minimum atomic E-state index is -1.07. The highest BCUT2D eigenvalue weighted by Gasteiger charge is 2.12. The Morgan fingerprint density at radius 3 is 3.06 bits per heavy atom. The maximum atomic E-state index is 10.6. The van der Waals surface area contributed by atoms with Gasteiger partial charge in [-0.1, -0.05) is 6.92 Å². The van der Waals surface area contributed by atoms with Gasteiger partial charge in [-0.05, 0) is 41.8 Å². The molecule has 0 unspecified atom stereocenters. The first kappa shape index (κ1) is 12.1. The number of hydrogen-bond donors (Lipinski definition) is 1. The summed E-state index contributed by atoms with van der Waals surface area (Å²) in [4.78, 5) is 14.9. The Morgan fingerprint density at radius 2 is 2.41 bits per heavy atom. The predicted molar refractivity (Wildman–Crippen MR) is 63.7 cm³/mol. The van der Waals surface area contributed by atoms with Crippen molar-refractivity contribution in [3.8, 4) is 0 Å². The molecule has 7 heteroatoms. The van der Waals surface area contributed by atoms with E-state index in [-0.39, 0.29) is 5.76 Å². The Morgan fingerprint density at radius 1 is 1.59 bits per heavy atom. The molecule has 2 aromatic rings. The van der Waals surface area contributed by atoms with Gasteiger partial charge in [0.05, 0.1) is 0 Å². The topological polar surface area (TPSA) is 76.2 Å². The predicted octanol–water partition coefficient (Wildman–Crippen LogP) is 2.93. The summed E-state index contributed by atoms with van der Waals surface area (Å²) in [5.41, 5.74) is 0. The van der Waals surface area contributed by atoms with Gasteiger partial charge >= 0.3 is 5.97 Å². The van der Waals surface area contributed by atoms with E-state index in [0.717, 1.165) is 23.0 Å². The van der Waals surface area contributed by atoms with Crippen LogP contribution < -0.4 is 0 Å². The van der Waals surface area contributed by atoms with Crippen LogP contribution >= 0.6 is 23.3 Å². The minimum Gasteiger partial charge on any atom is -0.475 e. The molecule has 0 aliphatic rings. The van der Waals surface area contributed by atoms with Crippen LogP contribution in [-0.4, -0.2) is 20.4 Å². The molecule has 0 amide bonds. The maximum absolute atomic E-state index is 10.6. The summed E-state index contributed by atoms with van der Waals surface area (Å²) in [6.45, 7) is 2.07. The third-order valence-electron chi connectivity index (χ3n) is 1.90. The Kier molecular flexibility index (Phi) is 3.80. The summed E-state index contributed by atoms with van der Waals surface area (Å²) in [7, 11) is 0. The number of hydrogen-bond acceptors (Lipinski definition) is 6. The summed E-state index contributed by atoms with van der Waals surface area (Å²) in [5, 5.41) is 9.23. The normalized spacial score (nSPS) is 10.6. The van der Waals surface area contributed by atoms with Gasteiger partial charge < -0.3 is 9.52 Å². The van der Waals surface area contributed by atoms with E-state index in [1.807, 2.05) is 0 Å². The van der Waals surface area contributed by atoms with E-state index in [1.54, 1.807) is 6.07 Å². The highest BCUT2D eigenvalue weighted by Crippen LogP contribution is 2.30. The molecular weight excluding hydrogens is 260 g/mol. The Balaban J connectivity index is 2.05. The second kappa shape index (κ2) is 5.33. The minimum absolute atomic E-state index is 0.0641. The summed E-state index contributed by atoms with van der Waals surface area (Å²) < 4.78 is 10.1. The molecule has 90 valence electrons. The van der Waals surface area contributed by atoms with Crippen molar-refractivity contribution >= 4 is 29.3 Å². The summed E-state index contributed by atoms with van der Waals surface area (Å²) >= 11 is 2.58. The Hall–Kier alpha value is -1.34. The zero-order valence-corrected chi connectivity index (χ0v) is 10.7. The average molecular weight is 270 g/mol. The van der Waals surface area contributed by atoms with Crippen molar-refractivity contribution in [2.75, 3.05) is 0 Å². The maximum Gasteiger partial charge on any atom is 0.371 e. The van der Waals surface area contributed by atoms with Crippen molar-refractivity contribution in [1.29, 1.82) is 0 Å². The molecule has 17 heavy (non-hydrogen) atoms.